The number of nitrogens with one attached hydrogen (secondary N) is 1. The van der Waals surface area contributed by atoms with Gasteiger partial charge in [0.05, 0.1) is 17.6 Å². The van der Waals surface area contributed by atoms with Crippen LogP contribution >= 0.6 is 23.4 Å². The van der Waals surface area contributed by atoms with Crippen molar-refractivity contribution in [1.82, 2.24) is 14.8 Å². The maximum Gasteiger partial charge on any atom is 0.234 e. The number of amides is 1. The van der Waals surface area contributed by atoms with Crippen molar-refractivity contribution < 1.29 is 9.21 Å². The molecule has 1 N–H and O–H groups in total. The predicted molar refractivity (Wildman–Crippen MR) is 99.0 cm³/mol. The number of furan rings is 1. The van der Waals surface area contributed by atoms with Gasteiger partial charge in [-0.15, -0.1) is 10.2 Å². The molecule has 0 saturated heterocycles. The van der Waals surface area contributed by atoms with Crippen molar-refractivity contribution in [3.63, 3.8) is 0 Å². The molecule has 3 aromatic rings. The van der Waals surface area contributed by atoms with Crippen molar-refractivity contribution in [2.45, 2.75) is 19.0 Å². The summed E-state index contributed by atoms with van der Waals surface area (Å²) in [5.74, 6) is 1.59. The molecule has 0 fully saturated rings. The minimum absolute atomic E-state index is 0.126. The number of anilines is 1. The molecule has 0 unspecified atom stereocenters. The number of aromatic nitrogens is 3. The largest absolute Gasteiger partial charge is 0.469 e. The summed E-state index contributed by atoms with van der Waals surface area (Å²) in [7, 11) is 1.86. The average molecular weight is 377 g/mol. The van der Waals surface area contributed by atoms with Gasteiger partial charge in [0.1, 0.15) is 5.76 Å². The molecule has 25 heavy (non-hydrogen) atoms. The predicted octanol–water partition coefficient (Wildman–Crippen LogP) is 4.08. The lowest BCUT2D eigenvalue weighted by Crippen LogP contribution is -2.15. The number of aryl methyl sites for hydroxylation is 1. The van der Waals surface area contributed by atoms with Crippen LogP contribution in [0, 0.1) is 13.8 Å². The molecular weight excluding hydrogens is 360 g/mol. The van der Waals surface area contributed by atoms with Crippen molar-refractivity contribution in [2.75, 3.05) is 11.1 Å². The Balaban J connectivity index is 1.66. The Labute approximate surface area is 154 Å². The zero-order valence-electron chi connectivity index (χ0n) is 14.0. The summed E-state index contributed by atoms with van der Waals surface area (Å²) in [6.07, 6.45) is 1.62. The minimum atomic E-state index is -0.126. The van der Waals surface area contributed by atoms with E-state index in [2.05, 4.69) is 15.5 Å². The fourth-order valence-corrected chi connectivity index (χ4v) is 3.24. The zero-order valence-corrected chi connectivity index (χ0v) is 15.6. The Bertz CT molecular complexity index is 919. The summed E-state index contributed by atoms with van der Waals surface area (Å²) in [5.41, 5.74) is 2.45. The van der Waals surface area contributed by atoms with Gasteiger partial charge in [0, 0.05) is 17.8 Å². The van der Waals surface area contributed by atoms with Crippen molar-refractivity contribution in [3.05, 3.63) is 46.9 Å². The summed E-state index contributed by atoms with van der Waals surface area (Å²) in [6, 6.07) is 7.27. The molecule has 1 amide bonds. The molecule has 0 radical (unpaired) electrons. The number of carbonyl (C=O) groups excluding carboxylic acids is 1. The number of thioether (sulfide) groups is 1. The van der Waals surface area contributed by atoms with E-state index in [1.807, 2.05) is 37.6 Å². The first-order valence-electron chi connectivity index (χ1n) is 7.59. The van der Waals surface area contributed by atoms with E-state index in [-0.39, 0.29) is 11.7 Å². The summed E-state index contributed by atoms with van der Waals surface area (Å²) in [6.45, 7) is 3.74. The molecule has 0 aliphatic heterocycles. The first-order valence-corrected chi connectivity index (χ1v) is 8.95. The third-order valence-electron chi connectivity index (χ3n) is 3.81. The van der Waals surface area contributed by atoms with Gasteiger partial charge in [-0.3, -0.25) is 4.79 Å². The lowest BCUT2D eigenvalue weighted by atomic mass is 10.2. The molecular formula is C17H17ClN4O2S. The monoisotopic (exact) mass is 376 g/mol. The van der Waals surface area contributed by atoms with Crippen LogP contribution in [-0.4, -0.2) is 26.4 Å². The summed E-state index contributed by atoms with van der Waals surface area (Å²) in [4.78, 5) is 12.2. The molecule has 0 aliphatic rings. The van der Waals surface area contributed by atoms with Gasteiger partial charge in [0.2, 0.25) is 5.91 Å². The number of hydrogen-bond acceptors (Lipinski definition) is 5. The second-order valence-corrected chi connectivity index (χ2v) is 6.85. The first-order chi connectivity index (χ1) is 12.0. The molecule has 0 atom stereocenters. The molecule has 0 saturated carbocycles. The second kappa shape index (κ2) is 7.33. The third-order valence-corrected chi connectivity index (χ3v) is 5.24. The topological polar surface area (TPSA) is 72.9 Å². The second-order valence-electron chi connectivity index (χ2n) is 5.50. The van der Waals surface area contributed by atoms with Gasteiger partial charge in [0.25, 0.3) is 0 Å². The van der Waals surface area contributed by atoms with Crippen molar-refractivity contribution in [3.8, 4) is 11.4 Å². The highest BCUT2D eigenvalue weighted by molar-refractivity contribution is 7.99. The molecule has 130 valence electrons. The van der Waals surface area contributed by atoms with Gasteiger partial charge in [-0.25, -0.2) is 0 Å². The SMILES string of the molecule is Cc1occc1-c1nnc(SCC(=O)Nc2cccc(Cl)c2C)n1C. The lowest BCUT2D eigenvalue weighted by molar-refractivity contribution is -0.113. The van der Waals surface area contributed by atoms with Gasteiger partial charge in [0.15, 0.2) is 11.0 Å². The van der Waals surface area contributed by atoms with Crippen molar-refractivity contribution >= 4 is 35.0 Å². The van der Waals surface area contributed by atoms with Gasteiger partial charge in [-0.2, -0.15) is 0 Å². The molecule has 6 nitrogen and oxygen atoms in total. The first kappa shape index (κ1) is 17.6. The number of hydrogen-bond donors (Lipinski definition) is 1. The quantitative estimate of drug-likeness (QED) is 0.679. The maximum atomic E-state index is 12.2. The number of carbonyl (C=O) groups is 1. The van der Waals surface area contributed by atoms with Crippen LogP contribution in [0.15, 0.2) is 40.1 Å². The van der Waals surface area contributed by atoms with E-state index in [9.17, 15) is 4.79 Å². The van der Waals surface area contributed by atoms with E-state index in [0.717, 1.165) is 16.9 Å². The van der Waals surface area contributed by atoms with Crippen molar-refractivity contribution in [1.29, 1.82) is 0 Å². The third kappa shape index (κ3) is 3.72. The summed E-state index contributed by atoms with van der Waals surface area (Å²) < 4.78 is 7.15. The van der Waals surface area contributed by atoms with Crippen LogP contribution in [0.4, 0.5) is 5.69 Å². The van der Waals surface area contributed by atoms with Gasteiger partial charge < -0.3 is 14.3 Å². The highest BCUT2D eigenvalue weighted by Crippen LogP contribution is 2.26. The van der Waals surface area contributed by atoms with Crippen molar-refractivity contribution in [2.24, 2.45) is 7.05 Å². The maximum absolute atomic E-state index is 12.2. The number of benzene rings is 1. The Morgan fingerprint density at radius 1 is 1.32 bits per heavy atom. The standard InChI is InChI=1S/C17H17ClN4O2S/c1-10-13(18)5-4-6-14(10)19-15(23)9-25-17-21-20-16(22(17)3)12-7-8-24-11(12)2/h4-8H,9H2,1-3H3,(H,19,23). The molecule has 0 bridgehead atoms. The number of rotatable bonds is 5. The molecule has 2 heterocycles. The van der Waals surface area contributed by atoms with Crippen LogP contribution in [0.25, 0.3) is 11.4 Å². The van der Waals surface area contributed by atoms with E-state index >= 15 is 0 Å². The normalized spacial score (nSPS) is 10.9. The minimum Gasteiger partial charge on any atom is -0.469 e. The van der Waals surface area contributed by atoms with Gasteiger partial charge in [-0.1, -0.05) is 29.4 Å². The Morgan fingerprint density at radius 3 is 2.84 bits per heavy atom. The molecule has 0 spiro atoms. The smallest absolute Gasteiger partial charge is 0.234 e. The Hall–Kier alpha value is -2.25. The van der Waals surface area contributed by atoms with E-state index < -0.39 is 0 Å². The fourth-order valence-electron chi connectivity index (χ4n) is 2.35. The Kier molecular flexibility index (Phi) is 5.15. The van der Waals surface area contributed by atoms with Crippen LogP contribution in [0.2, 0.25) is 5.02 Å². The van der Waals surface area contributed by atoms with Gasteiger partial charge >= 0.3 is 0 Å². The number of halogens is 1. The van der Waals surface area contributed by atoms with Crippen LogP contribution in [0.3, 0.4) is 0 Å². The van der Waals surface area contributed by atoms with Crippen LogP contribution in [-0.2, 0) is 11.8 Å². The van der Waals surface area contributed by atoms with E-state index in [1.54, 1.807) is 18.4 Å². The summed E-state index contributed by atoms with van der Waals surface area (Å²) in [5, 5.41) is 12.5. The highest BCUT2D eigenvalue weighted by atomic mass is 35.5. The van der Waals surface area contributed by atoms with E-state index in [0.29, 0.717) is 21.7 Å². The average Bonchev–Trinajstić information content (AvgIpc) is 3.15. The molecule has 1 aromatic carbocycles. The van der Waals surface area contributed by atoms with E-state index in [1.165, 1.54) is 11.8 Å². The molecule has 3 rings (SSSR count). The molecule has 2 aromatic heterocycles. The molecule has 8 heteroatoms. The lowest BCUT2D eigenvalue weighted by Gasteiger charge is -2.09. The van der Waals surface area contributed by atoms with Crippen LogP contribution in [0.1, 0.15) is 11.3 Å². The molecule has 0 aliphatic carbocycles. The Morgan fingerprint density at radius 2 is 2.12 bits per heavy atom. The van der Waals surface area contributed by atoms with Crippen LogP contribution < -0.4 is 5.32 Å². The van der Waals surface area contributed by atoms with Crippen LogP contribution in [0.5, 0.6) is 0 Å². The zero-order chi connectivity index (χ0) is 18.0. The highest BCUT2D eigenvalue weighted by Gasteiger charge is 2.16. The van der Waals surface area contributed by atoms with Gasteiger partial charge in [-0.05, 0) is 37.6 Å². The fraction of sp³-hybridized carbons (Fsp3) is 0.235. The van der Waals surface area contributed by atoms with E-state index in [4.69, 9.17) is 16.0 Å². The summed E-state index contributed by atoms with van der Waals surface area (Å²) >= 11 is 7.39. The number of nitrogens with zero attached hydrogens (tertiary/aromatic N) is 3.